The number of benzene rings is 1. The Morgan fingerprint density at radius 3 is 2.67 bits per heavy atom. The maximum Gasteiger partial charge on any atom is 0.335 e. The Morgan fingerprint density at radius 1 is 1.44 bits per heavy atom. The lowest BCUT2D eigenvalue weighted by Crippen LogP contribution is -2.26. The molecule has 0 spiro atoms. The molecule has 0 saturated carbocycles. The zero-order valence-corrected chi connectivity index (χ0v) is 10.9. The number of anilines is 1. The number of hydrogen-bond acceptors (Lipinski definition) is 4. The molecule has 0 aromatic heterocycles. The Hall–Kier alpha value is -1.59. The molecule has 1 aromatic rings. The largest absolute Gasteiger partial charge is 0.478 e. The summed E-state index contributed by atoms with van der Waals surface area (Å²) < 4.78 is 10.3. The molecule has 0 aliphatic rings. The van der Waals surface area contributed by atoms with E-state index in [0.29, 0.717) is 18.7 Å². The van der Waals surface area contributed by atoms with Gasteiger partial charge >= 0.3 is 5.97 Å². The van der Waals surface area contributed by atoms with Gasteiger partial charge in [-0.1, -0.05) is 0 Å². The topological polar surface area (TPSA) is 67.8 Å². The van der Waals surface area contributed by atoms with Crippen LogP contribution in [-0.2, 0) is 9.47 Å². The normalized spacial score (nSPS) is 12.2. The SMILES string of the molecule is COCC(CNc1ccc(C(=O)O)cc1C)OC. The van der Waals surface area contributed by atoms with Crippen molar-refractivity contribution in [3.05, 3.63) is 29.3 Å². The number of hydrogen-bond donors (Lipinski definition) is 2. The zero-order chi connectivity index (χ0) is 13.5. The molecule has 0 aliphatic heterocycles. The number of rotatable bonds is 7. The third-order valence-electron chi connectivity index (χ3n) is 2.68. The van der Waals surface area contributed by atoms with Gasteiger partial charge in [0.25, 0.3) is 0 Å². The zero-order valence-electron chi connectivity index (χ0n) is 10.9. The summed E-state index contributed by atoms with van der Waals surface area (Å²) in [5, 5.41) is 12.1. The van der Waals surface area contributed by atoms with Crippen LogP contribution in [0, 0.1) is 6.92 Å². The van der Waals surface area contributed by atoms with Crippen molar-refractivity contribution in [3.8, 4) is 0 Å². The molecule has 0 radical (unpaired) electrons. The highest BCUT2D eigenvalue weighted by Crippen LogP contribution is 2.16. The monoisotopic (exact) mass is 253 g/mol. The lowest BCUT2D eigenvalue weighted by Gasteiger charge is -2.17. The summed E-state index contributed by atoms with van der Waals surface area (Å²) in [7, 11) is 3.25. The molecule has 1 atom stereocenters. The molecule has 0 fully saturated rings. The highest BCUT2D eigenvalue weighted by atomic mass is 16.5. The van der Waals surface area contributed by atoms with Crippen molar-refractivity contribution < 1.29 is 19.4 Å². The van der Waals surface area contributed by atoms with Crippen LogP contribution < -0.4 is 5.32 Å². The van der Waals surface area contributed by atoms with Crippen molar-refractivity contribution in [2.24, 2.45) is 0 Å². The van der Waals surface area contributed by atoms with E-state index in [4.69, 9.17) is 14.6 Å². The van der Waals surface area contributed by atoms with Gasteiger partial charge in [-0.3, -0.25) is 0 Å². The smallest absolute Gasteiger partial charge is 0.335 e. The van der Waals surface area contributed by atoms with Gasteiger partial charge in [0.1, 0.15) is 0 Å². The van der Waals surface area contributed by atoms with Crippen LogP contribution in [0.4, 0.5) is 5.69 Å². The van der Waals surface area contributed by atoms with Crippen LogP contribution in [0.5, 0.6) is 0 Å². The first kappa shape index (κ1) is 14.5. The molecule has 0 bridgehead atoms. The summed E-state index contributed by atoms with van der Waals surface area (Å²) >= 11 is 0. The first-order valence-corrected chi connectivity index (χ1v) is 5.68. The molecule has 1 aromatic carbocycles. The first-order valence-electron chi connectivity index (χ1n) is 5.68. The number of aryl methyl sites for hydroxylation is 1. The van der Waals surface area contributed by atoms with Crippen molar-refractivity contribution in [2.75, 3.05) is 32.7 Å². The Bertz CT molecular complexity index is 406. The third-order valence-corrected chi connectivity index (χ3v) is 2.68. The van der Waals surface area contributed by atoms with Gasteiger partial charge in [0.15, 0.2) is 0 Å². The number of nitrogens with one attached hydrogen (secondary N) is 1. The van der Waals surface area contributed by atoms with Crippen LogP contribution in [-0.4, -0.2) is 44.6 Å². The summed E-state index contributed by atoms with van der Waals surface area (Å²) in [4.78, 5) is 10.8. The molecule has 18 heavy (non-hydrogen) atoms. The average Bonchev–Trinajstić information content (AvgIpc) is 2.35. The van der Waals surface area contributed by atoms with Crippen molar-refractivity contribution >= 4 is 11.7 Å². The van der Waals surface area contributed by atoms with Gasteiger partial charge in [-0.05, 0) is 30.7 Å². The minimum atomic E-state index is -0.918. The van der Waals surface area contributed by atoms with Gasteiger partial charge in [0, 0.05) is 26.5 Å². The highest BCUT2D eigenvalue weighted by molar-refractivity contribution is 5.88. The van der Waals surface area contributed by atoms with Crippen LogP contribution in [0.15, 0.2) is 18.2 Å². The number of carbonyl (C=O) groups is 1. The van der Waals surface area contributed by atoms with Crippen LogP contribution in [0.1, 0.15) is 15.9 Å². The van der Waals surface area contributed by atoms with E-state index < -0.39 is 5.97 Å². The van der Waals surface area contributed by atoms with Crippen LogP contribution >= 0.6 is 0 Å². The van der Waals surface area contributed by atoms with Crippen LogP contribution in [0.3, 0.4) is 0 Å². The Morgan fingerprint density at radius 2 is 2.17 bits per heavy atom. The van der Waals surface area contributed by atoms with Gasteiger partial charge in [-0.25, -0.2) is 4.79 Å². The molecule has 1 unspecified atom stereocenters. The molecular weight excluding hydrogens is 234 g/mol. The van der Waals surface area contributed by atoms with Crippen molar-refractivity contribution in [1.29, 1.82) is 0 Å². The predicted molar refractivity (Wildman–Crippen MR) is 69.3 cm³/mol. The fourth-order valence-electron chi connectivity index (χ4n) is 1.62. The Kier molecular flexibility index (Phi) is 5.61. The van der Waals surface area contributed by atoms with E-state index >= 15 is 0 Å². The Balaban J connectivity index is 2.65. The molecule has 2 N–H and O–H groups in total. The molecule has 100 valence electrons. The quantitative estimate of drug-likeness (QED) is 0.775. The van der Waals surface area contributed by atoms with Gasteiger partial charge < -0.3 is 19.9 Å². The number of ether oxygens (including phenoxy) is 2. The number of carboxylic acid groups (broad SMARTS) is 1. The van der Waals surface area contributed by atoms with Gasteiger partial charge in [0.05, 0.1) is 18.3 Å². The highest BCUT2D eigenvalue weighted by Gasteiger charge is 2.09. The van der Waals surface area contributed by atoms with Gasteiger partial charge in [-0.2, -0.15) is 0 Å². The van der Waals surface area contributed by atoms with E-state index in [0.717, 1.165) is 11.3 Å². The molecule has 5 heteroatoms. The van der Waals surface area contributed by atoms with E-state index in [1.54, 1.807) is 32.4 Å². The van der Waals surface area contributed by atoms with E-state index in [1.165, 1.54) is 0 Å². The summed E-state index contributed by atoms with van der Waals surface area (Å²) in [6.07, 6.45) is -0.0337. The summed E-state index contributed by atoms with van der Waals surface area (Å²) in [5.74, 6) is -0.918. The minimum Gasteiger partial charge on any atom is -0.478 e. The molecule has 0 amide bonds. The molecule has 5 nitrogen and oxygen atoms in total. The molecule has 0 heterocycles. The van der Waals surface area contributed by atoms with Gasteiger partial charge in [-0.15, -0.1) is 0 Å². The van der Waals surface area contributed by atoms with Crippen molar-refractivity contribution in [2.45, 2.75) is 13.0 Å². The van der Waals surface area contributed by atoms with Gasteiger partial charge in [0.2, 0.25) is 0 Å². The number of methoxy groups -OCH3 is 2. The standard InChI is InChI=1S/C13H19NO4/c1-9-6-10(13(15)16)4-5-12(9)14-7-11(18-3)8-17-2/h4-6,11,14H,7-8H2,1-3H3,(H,15,16). The lowest BCUT2D eigenvalue weighted by molar-refractivity contribution is 0.0365. The van der Waals surface area contributed by atoms with E-state index in [2.05, 4.69) is 5.32 Å². The van der Waals surface area contributed by atoms with Crippen molar-refractivity contribution in [3.63, 3.8) is 0 Å². The van der Waals surface area contributed by atoms with Crippen LogP contribution in [0.25, 0.3) is 0 Å². The average molecular weight is 253 g/mol. The van der Waals surface area contributed by atoms with Crippen LogP contribution in [0.2, 0.25) is 0 Å². The maximum absolute atomic E-state index is 10.8. The molecule has 0 saturated heterocycles. The second-order valence-corrected chi connectivity index (χ2v) is 4.03. The number of carboxylic acids is 1. The summed E-state index contributed by atoms with van der Waals surface area (Å²) in [5.41, 5.74) is 2.08. The van der Waals surface area contributed by atoms with E-state index in [9.17, 15) is 4.79 Å². The molecule has 1 rings (SSSR count). The fraction of sp³-hybridized carbons (Fsp3) is 0.462. The first-order chi connectivity index (χ1) is 8.58. The number of aromatic carboxylic acids is 1. The minimum absolute atomic E-state index is 0.0337. The molecule has 0 aliphatic carbocycles. The second kappa shape index (κ2) is 6.98. The Labute approximate surface area is 107 Å². The summed E-state index contributed by atoms with van der Waals surface area (Å²) in [6.45, 7) is 2.99. The fourth-order valence-corrected chi connectivity index (χ4v) is 1.62. The third kappa shape index (κ3) is 4.01. The maximum atomic E-state index is 10.8. The lowest BCUT2D eigenvalue weighted by atomic mass is 10.1. The van der Waals surface area contributed by atoms with E-state index in [1.807, 2.05) is 6.92 Å². The predicted octanol–water partition coefficient (Wildman–Crippen LogP) is 1.77. The van der Waals surface area contributed by atoms with E-state index in [-0.39, 0.29) is 6.10 Å². The molecular formula is C13H19NO4. The second-order valence-electron chi connectivity index (χ2n) is 4.03. The van der Waals surface area contributed by atoms with Crippen molar-refractivity contribution in [1.82, 2.24) is 0 Å². The summed E-state index contributed by atoms with van der Waals surface area (Å²) in [6, 6.07) is 4.98.